The van der Waals surface area contributed by atoms with Crippen LogP contribution in [-0.4, -0.2) is 59.0 Å². The first-order valence-electron chi connectivity index (χ1n) is 10.3. The second-order valence-corrected chi connectivity index (χ2v) is 7.22. The Bertz CT molecular complexity index is 807. The SMILES string of the molecule is CCOc1ccccc1CN1CCc2nnc(C(C)NC(=O)CCOC)n2CC1. The van der Waals surface area contributed by atoms with E-state index in [1.165, 1.54) is 5.56 Å². The highest BCUT2D eigenvalue weighted by Gasteiger charge is 2.23. The molecule has 1 atom stereocenters. The highest BCUT2D eigenvalue weighted by atomic mass is 16.5. The van der Waals surface area contributed by atoms with Crippen LogP contribution in [0.4, 0.5) is 0 Å². The Balaban J connectivity index is 1.63. The fourth-order valence-corrected chi connectivity index (χ4v) is 3.61. The van der Waals surface area contributed by atoms with Crippen LogP contribution in [0, 0.1) is 0 Å². The Hall–Kier alpha value is -2.45. The van der Waals surface area contributed by atoms with E-state index in [1.54, 1.807) is 7.11 Å². The molecule has 2 heterocycles. The molecule has 1 aliphatic rings. The first-order valence-corrected chi connectivity index (χ1v) is 10.3. The van der Waals surface area contributed by atoms with Crippen LogP contribution in [0.25, 0.3) is 0 Å². The molecule has 8 nitrogen and oxygen atoms in total. The van der Waals surface area contributed by atoms with E-state index in [4.69, 9.17) is 9.47 Å². The standard InChI is InChI=1S/C21H31N5O3/c1-4-29-18-8-6-5-7-17(18)15-25-11-9-19-23-24-21(26(19)13-12-25)16(2)22-20(27)10-14-28-3/h5-8,16H,4,9-15H2,1-3H3,(H,22,27). The van der Waals surface area contributed by atoms with Crippen LogP contribution >= 0.6 is 0 Å². The zero-order valence-electron chi connectivity index (χ0n) is 17.6. The minimum atomic E-state index is -0.189. The summed E-state index contributed by atoms with van der Waals surface area (Å²) >= 11 is 0. The van der Waals surface area contributed by atoms with Crippen molar-refractivity contribution in [3.8, 4) is 5.75 Å². The summed E-state index contributed by atoms with van der Waals surface area (Å²) in [5.41, 5.74) is 1.20. The van der Waals surface area contributed by atoms with Crippen molar-refractivity contribution in [2.75, 3.05) is 33.4 Å². The van der Waals surface area contributed by atoms with E-state index in [0.717, 1.165) is 50.0 Å². The number of carbonyl (C=O) groups excluding carboxylic acids is 1. The Morgan fingerprint density at radius 1 is 1.24 bits per heavy atom. The van der Waals surface area contributed by atoms with Gasteiger partial charge in [-0.15, -0.1) is 10.2 Å². The van der Waals surface area contributed by atoms with Gasteiger partial charge in [0.15, 0.2) is 5.82 Å². The van der Waals surface area contributed by atoms with Gasteiger partial charge >= 0.3 is 0 Å². The molecule has 0 saturated heterocycles. The van der Waals surface area contributed by atoms with E-state index >= 15 is 0 Å². The summed E-state index contributed by atoms with van der Waals surface area (Å²) < 4.78 is 12.9. The predicted octanol–water partition coefficient (Wildman–Crippen LogP) is 1.95. The number of benzene rings is 1. The summed E-state index contributed by atoms with van der Waals surface area (Å²) in [5, 5.41) is 11.7. The number of nitrogens with one attached hydrogen (secondary N) is 1. The molecule has 2 aromatic rings. The molecule has 0 radical (unpaired) electrons. The molecule has 158 valence electrons. The van der Waals surface area contributed by atoms with Gasteiger partial charge in [-0.2, -0.15) is 0 Å². The van der Waals surface area contributed by atoms with Crippen LogP contribution in [0.5, 0.6) is 5.75 Å². The fraction of sp³-hybridized carbons (Fsp3) is 0.571. The van der Waals surface area contributed by atoms with E-state index in [2.05, 4.69) is 37.1 Å². The Morgan fingerprint density at radius 3 is 2.86 bits per heavy atom. The minimum Gasteiger partial charge on any atom is -0.494 e. The first-order chi connectivity index (χ1) is 14.1. The van der Waals surface area contributed by atoms with Crippen molar-refractivity contribution in [3.05, 3.63) is 41.5 Å². The average Bonchev–Trinajstić information content (AvgIpc) is 3.03. The van der Waals surface area contributed by atoms with Gasteiger partial charge in [-0.05, 0) is 19.9 Å². The summed E-state index contributed by atoms with van der Waals surface area (Å²) in [4.78, 5) is 14.4. The van der Waals surface area contributed by atoms with Crippen molar-refractivity contribution in [1.29, 1.82) is 0 Å². The average molecular weight is 402 g/mol. The fourth-order valence-electron chi connectivity index (χ4n) is 3.61. The molecule has 1 N–H and O–H groups in total. The third-order valence-electron chi connectivity index (χ3n) is 5.11. The molecule has 0 bridgehead atoms. The summed E-state index contributed by atoms with van der Waals surface area (Å²) in [6, 6.07) is 8.02. The van der Waals surface area contributed by atoms with Gasteiger partial charge in [-0.25, -0.2) is 0 Å². The van der Waals surface area contributed by atoms with E-state index < -0.39 is 0 Å². The van der Waals surface area contributed by atoms with Crippen molar-refractivity contribution in [1.82, 2.24) is 25.0 Å². The van der Waals surface area contributed by atoms with Crippen molar-refractivity contribution in [3.63, 3.8) is 0 Å². The molecule has 8 heteroatoms. The molecule has 29 heavy (non-hydrogen) atoms. The number of hydrogen-bond donors (Lipinski definition) is 1. The van der Waals surface area contributed by atoms with Gasteiger partial charge in [0.25, 0.3) is 0 Å². The number of hydrogen-bond acceptors (Lipinski definition) is 6. The number of para-hydroxylation sites is 1. The normalized spacial score (nSPS) is 15.4. The number of amides is 1. The van der Waals surface area contributed by atoms with Crippen molar-refractivity contribution in [2.45, 2.75) is 45.8 Å². The van der Waals surface area contributed by atoms with Crippen molar-refractivity contribution in [2.24, 2.45) is 0 Å². The van der Waals surface area contributed by atoms with Crippen LogP contribution < -0.4 is 10.1 Å². The van der Waals surface area contributed by atoms with E-state index in [1.807, 2.05) is 26.0 Å². The van der Waals surface area contributed by atoms with Crippen molar-refractivity contribution >= 4 is 5.91 Å². The summed E-state index contributed by atoms with van der Waals surface area (Å²) in [6.07, 6.45) is 1.17. The number of ether oxygens (including phenoxy) is 2. The number of fused-ring (bicyclic) bond motifs is 1. The number of nitrogens with zero attached hydrogens (tertiary/aromatic N) is 4. The Morgan fingerprint density at radius 2 is 2.07 bits per heavy atom. The van der Waals surface area contributed by atoms with Crippen molar-refractivity contribution < 1.29 is 14.3 Å². The van der Waals surface area contributed by atoms with Gasteiger partial charge < -0.3 is 19.4 Å². The van der Waals surface area contributed by atoms with Gasteiger partial charge in [0.2, 0.25) is 5.91 Å². The lowest BCUT2D eigenvalue weighted by molar-refractivity contribution is -0.122. The van der Waals surface area contributed by atoms with E-state index in [9.17, 15) is 4.79 Å². The topological polar surface area (TPSA) is 81.5 Å². The molecule has 1 unspecified atom stereocenters. The number of methoxy groups -OCH3 is 1. The molecule has 1 amide bonds. The first kappa shape index (κ1) is 21.3. The second-order valence-electron chi connectivity index (χ2n) is 7.22. The smallest absolute Gasteiger partial charge is 0.222 e. The maximum atomic E-state index is 12.0. The molecule has 0 spiro atoms. The molecule has 0 aliphatic carbocycles. The highest BCUT2D eigenvalue weighted by Crippen LogP contribution is 2.22. The monoisotopic (exact) mass is 401 g/mol. The van der Waals surface area contributed by atoms with E-state index in [0.29, 0.717) is 19.6 Å². The molecule has 1 aromatic heterocycles. The lowest BCUT2D eigenvalue weighted by Crippen LogP contribution is -2.30. The van der Waals surface area contributed by atoms with Gasteiger partial charge in [0.05, 0.1) is 19.3 Å². The number of carbonyl (C=O) groups is 1. The maximum absolute atomic E-state index is 12.0. The molecule has 1 aromatic carbocycles. The van der Waals surface area contributed by atoms with Crippen LogP contribution in [0.2, 0.25) is 0 Å². The third-order valence-corrected chi connectivity index (χ3v) is 5.11. The van der Waals surface area contributed by atoms with Gasteiger partial charge in [0, 0.05) is 51.7 Å². The maximum Gasteiger partial charge on any atom is 0.222 e. The third kappa shape index (κ3) is 5.55. The minimum absolute atomic E-state index is 0.0421. The van der Waals surface area contributed by atoms with Crippen LogP contribution in [0.1, 0.15) is 43.5 Å². The van der Waals surface area contributed by atoms with Crippen LogP contribution in [0.3, 0.4) is 0 Å². The zero-order valence-corrected chi connectivity index (χ0v) is 17.6. The summed E-state index contributed by atoms with van der Waals surface area (Å²) in [6.45, 7) is 8.47. The second kappa shape index (κ2) is 10.4. The molecule has 1 aliphatic heterocycles. The van der Waals surface area contributed by atoms with E-state index in [-0.39, 0.29) is 11.9 Å². The zero-order chi connectivity index (χ0) is 20.6. The van der Waals surface area contributed by atoms with Crippen LogP contribution in [0.15, 0.2) is 24.3 Å². The largest absolute Gasteiger partial charge is 0.494 e. The highest BCUT2D eigenvalue weighted by molar-refractivity contribution is 5.76. The molecule has 0 fully saturated rings. The molecular formula is C21H31N5O3. The molecular weight excluding hydrogens is 370 g/mol. The Kier molecular flexibility index (Phi) is 7.60. The summed E-state index contributed by atoms with van der Waals surface area (Å²) in [5.74, 6) is 2.69. The van der Waals surface area contributed by atoms with Crippen LogP contribution in [-0.2, 0) is 29.0 Å². The van der Waals surface area contributed by atoms with Gasteiger partial charge in [0.1, 0.15) is 11.6 Å². The number of rotatable bonds is 9. The lowest BCUT2D eigenvalue weighted by atomic mass is 10.2. The molecule has 0 saturated carbocycles. The van der Waals surface area contributed by atoms with Gasteiger partial charge in [-0.3, -0.25) is 9.69 Å². The summed E-state index contributed by atoms with van der Waals surface area (Å²) in [7, 11) is 1.59. The number of aromatic nitrogens is 3. The molecule has 3 rings (SSSR count). The quantitative estimate of drug-likeness (QED) is 0.692. The Labute approximate surface area is 172 Å². The van der Waals surface area contributed by atoms with Gasteiger partial charge in [-0.1, -0.05) is 18.2 Å². The lowest BCUT2D eigenvalue weighted by Gasteiger charge is -2.21. The predicted molar refractivity (Wildman–Crippen MR) is 110 cm³/mol.